The molecule has 1 N–H and O–H groups in total. The van der Waals surface area contributed by atoms with Crippen LogP contribution in [-0.4, -0.2) is 55.5 Å². The van der Waals surface area contributed by atoms with Crippen molar-refractivity contribution in [2.24, 2.45) is 0 Å². The number of carbonyl (C=O) groups excluding carboxylic acids is 1. The zero-order valence-corrected chi connectivity index (χ0v) is 16.6. The van der Waals surface area contributed by atoms with E-state index in [1.807, 2.05) is 29.1 Å². The zero-order chi connectivity index (χ0) is 19.7. The summed E-state index contributed by atoms with van der Waals surface area (Å²) in [6.07, 6.45) is 5.63. The van der Waals surface area contributed by atoms with E-state index in [9.17, 15) is 4.79 Å². The third kappa shape index (κ3) is 3.79. The maximum atomic E-state index is 12.6. The van der Waals surface area contributed by atoms with Gasteiger partial charge in [0.2, 0.25) is 5.82 Å². The molecule has 28 heavy (non-hydrogen) atoms. The van der Waals surface area contributed by atoms with E-state index in [0.29, 0.717) is 28.3 Å². The van der Waals surface area contributed by atoms with Gasteiger partial charge in [0.25, 0.3) is 5.91 Å². The number of amides is 1. The Hall–Kier alpha value is -2.71. The molecule has 9 heteroatoms. The Kier molecular flexibility index (Phi) is 5.15. The topological polar surface area (TPSA) is 80.9 Å². The van der Waals surface area contributed by atoms with Crippen LogP contribution in [0.4, 0.5) is 5.69 Å². The molecule has 0 unspecified atom stereocenters. The normalized spacial score (nSPS) is 15.7. The van der Waals surface area contributed by atoms with Crippen LogP contribution in [0.2, 0.25) is 5.02 Å². The minimum Gasteiger partial charge on any atom is -0.316 e. The number of halogens is 1. The summed E-state index contributed by atoms with van der Waals surface area (Å²) in [6, 6.07) is 7.67. The standard InChI is InChI=1S/C19H22ClN7O/c1-13-22-18(24-27(13)17-6-4-3-5-16(17)20)19(28)23-14-11-21-26(12-14)15-7-9-25(2)10-8-15/h3-6,11-12,15H,7-10H2,1-2H3,(H,23,28). The van der Waals surface area contributed by atoms with Gasteiger partial charge in [-0.2, -0.15) is 5.10 Å². The van der Waals surface area contributed by atoms with Crippen LogP contribution in [0.15, 0.2) is 36.7 Å². The molecule has 1 saturated heterocycles. The van der Waals surface area contributed by atoms with Gasteiger partial charge in [-0.05, 0) is 52.0 Å². The van der Waals surface area contributed by atoms with Gasteiger partial charge in [0.05, 0.1) is 28.6 Å². The van der Waals surface area contributed by atoms with Crippen LogP contribution in [0.1, 0.15) is 35.3 Å². The molecule has 4 rings (SSSR count). The lowest BCUT2D eigenvalue weighted by molar-refractivity contribution is 0.101. The largest absolute Gasteiger partial charge is 0.316 e. The number of benzene rings is 1. The van der Waals surface area contributed by atoms with Crippen molar-refractivity contribution in [1.82, 2.24) is 29.4 Å². The predicted octanol–water partition coefficient (Wildman–Crippen LogP) is 2.94. The van der Waals surface area contributed by atoms with E-state index >= 15 is 0 Å². The molecular formula is C19H22ClN7O. The molecule has 8 nitrogen and oxygen atoms in total. The third-order valence-corrected chi connectivity index (χ3v) is 5.29. The van der Waals surface area contributed by atoms with E-state index in [0.717, 1.165) is 25.9 Å². The Bertz CT molecular complexity index is 988. The van der Waals surface area contributed by atoms with E-state index in [1.54, 1.807) is 23.9 Å². The summed E-state index contributed by atoms with van der Waals surface area (Å²) >= 11 is 6.23. The van der Waals surface area contributed by atoms with Gasteiger partial charge < -0.3 is 10.2 Å². The molecule has 0 spiro atoms. The van der Waals surface area contributed by atoms with Crippen LogP contribution >= 0.6 is 11.6 Å². The minimum atomic E-state index is -0.378. The molecule has 3 aromatic rings. The molecule has 2 aromatic heterocycles. The first-order valence-electron chi connectivity index (χ1n) is 9.24. The van der Waals surface area contributed by atoms with E-state index < -0.39 is 0 Å². The quantitative estimate of drug-likeness (QED) is 0.729. The summed E-state index contributed by atoms with van der Waals surface area (Å²) in [5.74, 6) is 0.293. The lowest BCUT2D eigenvalue weighted by atomic mass is 10.1. The number of hydrogen-bond donors (Lipinski definition) is 1. The first kappa shape index (κ1) is 18.6. The van der Waals surface area contributed by atoms with Crippen molar-refractivity contribution < 1.29 is 4.79 Å². The van der Waals surface area contributed by atoms with Crippen molar-refractivity contribution in [3.8, 4) is 5.69 Å². The van der Waals surface area contributed by atoms with Crippen molar-refractivity contribution in [3.05, 3.63) is 53.3 Å². The molecule has 1 fully saturated rings. The highest BCUT2D eigenvalue weighted by Crippen LogP contribution is 2.23. The summed E-state index contributed by atoms with van der Waals surface area (Å²) in [5, 5.41) is 12.1. The molecule has 0 atom stereocenters. The van der Waals surface area contributed by atoms with Crippen molar-refractivity contribution in [2.45, 2.75) is 25.8 Å². The van der Waals surface area contributed by atoms with Gasteiger partial charge in [-0.3, -0.25) is 9.48 Å². The van der Waals surface area contributed by atoms with Crippen LogP contribution in [-0.2, 0) is 0 Å². The summed E-state index contributed by atoms with van der Waals surface area (Å²) in [4.78, 5) is 19.2. The molecule has 1 amide bonds. The number of para-hydroxylation sites is 1. The zero-order valence-electron chi connectivity index (χ0n) is 15.8. The second-order valence-corrected chi connectivity index (χ2v) is 7.45. The molecule has 0 saturated carbocycles. The van der Waals surface area contributed by atoms with E-state index in [1.165, 1.54) is 0 Å². The number of aryl methyl sites for hydroxylation is 1. The Morgan fingerprint density at radius 2 is 2.00 bits per heavy atom. The average Bonchev–Trinajstić information content (AvgIpc) is 3.30. The Labute approximate surface area is 168 Å². The number of piperidine rings is 1. The van der Waals surface area contributed by atoms with Gasteiger partial charge >= 0.3 is 0 Å². The molecule has 0 bridgehead atoms. The van der Waals surface area contributed by atoms with Crippen molar-refractivity contribution >= 4 is 23.2 Å². The summed E-state index contributed by atoms with van der Waals surface area (Å²) < 4.78 is 3.50. The number of hydrogen-bond acceptors (Lipinski definition) is 5. The summed E-state index contributed by atoms with van der Waals surface area (Å²) in [6.45, 7) is 3.88. The highest BCUT2D eigenvalue weighted by Gasteiger charge is 2.20. The van der Waals surface area contributed by atoms with E-state index in [-0.39, 0.29) is 11.7 Å². The molecule has 0 radical (unpaired) electrons. The number of likely N-dealkylation sites (tertiary alicyclic amines) is 1. The number of aromatic nitrogens is 5. The van der Waals surface area contributed by atoms with Crippen molar-refractivity contribution in [2.75, 3.05) is 25.5 Å². The maximum absolute atomic E-state index is 12.6. The van der Waals surface area contributed by atoms with Crippen LogP contribution in [0, 0.1) is 6.92 Å². The van der Waals surface area contributed by atoms with Crippen LogP contribution in [0.25, 0.3) is 5.69 Å². The molecule has 1 aliphatic heterocycles. The third-order valence-electron chi connectivity index (χ3n) is 4.97. The molecule has 1 aromatic carbocycles. The Morgan fingerprint density at radius 1 is 1.25 bits per heavy atom. The predicted molar refractivity (Wildman–Crippen MR) is 107 cm³/mol. The van der Waals surface area contributed by atoms with Crippen molar-refractivity contribution in [1.29, 1.82) is 0 Å². The first-order chi connectivity index (χ1) is 13.5. The summed E-state index contributed by atoms with van der Waals surface area (Å²) in [5.41, 5.74) is 1.32. The fourth-order valence-electron chi connectivity index (χ4n) is 3.39. The van der Waals surface area contributed by atoms with E-state index in [2.05, 4.69) is 32.4 Å². The number of carbonyl (C=O) groups is 1. The van der Waals surface area contributed by atoms with Crippen LogP contribution in [0.3, 0.4) is 0 Å². The highest BCUT2D eigenvalue weighted by atomic mass is 35.5. The number of rotatable bonds is 4. The second kappa shape index (κ2) is 7.73. The number of nitrogens with one attached hydrogen (secondary N) is 1. The molecule has 1 aliphatic rings. The minimum absolute atomic E-state index is 0.0875. The van der Waals surface area contributed by atoms with Gasteiger partial charge in [0, 0.05) is 6.20 Å². The van der Waals surface area contributed by atoms with Crippen molar-refractivity contribution in [3.63, 3.8) is 0 Å². The molecule has 146 valence electrons. The van der Waals surface area contributed by atoms with Gasteiger partial charge in [-0.15, -0.1) is 5.10 Å². The number of nitrogens with zero attached hydrogens (tertiary/aromatic N) is 6. The highest BCUT2D eigenvalue weighted by molar-refractivity contribution is 6.32. The van der Waals surface area contributed by atoms with Gasteiger partial charge in [-0.25, -0.2) is 9.67 Å². The van der Waals surface area contributed by atoms with E-state index in [4.69, 9.17) is 11.6 Å². The average molecular weight is 400 g/mol. The van der Waals surface area contributed by atoms with Crippen LogP contribution in [0.5, 0.6) is 0 Å². The Morgan fingerprint density at radius 3 is 2.75 bits per heavy atom. The Balaban J connectivity index is 1.48. The molecular weight excluding hydrogens is 378 g/mol. The first-order valence-corrected chi connectivity index (χ1v) is 9.61. The lowest BCUT2D eigenvalue weighted by Crippen LogP contribution is -2.31. The second-order valence-electron chi connectivity index (χ2n) is 7.04. The molecule has 0 aliphatic carbocycles. The maximum Gasteiger partial charge on any atom is 0.295 e. The summed E-state index contributed by atoms with van der Waals surface area (Å²) in [7, 11) is 2.13. The van der Waals surface area contributed by atoms with Gasteiger partial charge in [0.1, 0.15) is 5.82 Å². The molecule has 3 heterocycles. The lowest BCUT2D eigenvalue weighted by Gasteiger charge is -2.28. The fraction of sp³-hybridized carbons (Fsp3) is 0.368. The van der Waals surface area contributed by atoms with Gasteiger partial charge in [0.15, 0.2) is 0 Å². The number of anilines is 1. The SMILES string of the molecule is Cc1nc(C(=O)Nc2cnn(C3CCN(C)CC3)c2)nn1-c1ccccc1Cl. The monoisotopic (exact) mass is 399 g/mol. The van der Waals surface area contributed by atoms with Crippen LogP contribution < -0.4 is 5.32 Å². The fourth-order valence-corrected chi connectivity index (χ4v) is 3.60. The van der Waals surface area contributed by atoms with Gasteiger partial charge in [-0.1, -0.05) is 23.7 Å². The smallest absolute Gasteiger partial charge is 0.295 e.